The van der Waals surface area contributed by atoms with Crippen LogP contribution in [0, 0.1) is 0 Å². The third-order valence-corrected chi connectivity index (χ3v) is 5.97. The fourth-order valence-electron chi connectivity index (χ4n) is 3.94. The molecule has 1 aromatic rings. The van der Waals surface area contributed by atoms with Gasteiger partial charge in [-0.15, -0.1) is 0 Å². The summed E-state index contributed by atoms with van der Waals surface area (Å²) < 4.78 is 5.19. The number of para-hydroxylation sites is 1. The fraction of sp³-hybridized carbons (Fsp3) is 0.300. The number of Topliss-reactive ketones (excluding diaryl/α,β-unsaturated/α-hetero) is 1. The SMILES string of the molecule is C=C(OC)C(=O)/C(=N\N(C)/C(=C/CN(C)CC1=CC=CCC=C1)CC)C1=CCC=NN1c1ccccc1. The van der Waals surface area contributed by atoms with Gasteiger partial charge in [0.2, 0.25) is 5.78 Å². The van der Waals surface area contributed by atoms with Crippen LogP contribution in [-0.4, -0.2) is 61.9 Å². The summed E-state index contributed by atoms with van der Waals surface area (Å²) in [4.78, 5) is 15.6. The largest absolute Gasteiger partial charge is 0.493 e. The van der Waals surface area contributed by atoms with E-state index in [1.165, 1.54) is 12.7 Å². The maximum atomic E-state index is 13.4. The molecule has 1 aliphatic heterocycles. The van der Waals surface area contributed by atoms with E-state index in [9.17, 15) is 4.79 Å². The van der Waals surface area contributed by atoms with E-state index in [-0.39, 0.29) is 17.3 Å². The first-order chi connectivity index (χ1) is 17.9. The van der Waals surface area contributed by atoms with Gasteiger partial charge in [0.15, 0.2) is 11.5 Å². The minimum atomic E-state index is -0.383. The molecule has 0 saturated heterocycles. The molecule has 1 aromatic carbocycles. The molecule has 1 aliphatic carbocycles. The number of hydrazone groups is 2. The van der Waals surface area contributed by atoms with E-state index in [4.69, 9.17) is 9.84 Å². The van der Waals surface area contributed by atoms with Crippen LogP contribution in [0.25, 0.3) is 0 Å². The van der Waals surface area contributed by atoms with Crippen LogP contribution in [0.5, 0.6) is 0 Å². The second-order valence-electron chi connectivity index (χ2n) is 8.75. The molecule has 7 heteroatoms. The van der Waals surface area contributed by atoms with E-state index >= 15 is 0 Å². The van der Waals surface area contributed by atoms with Crippen LogP contribution in [0.3, 0.4) is 0 Å². The molecule has 0 unspecified atom stereocenters. The molecule has 0 atom stereocenters. The van der Waals surface area contributed by atoms with Gasteiger partial charge in [-0.05, 0) is 43.7 Å². The minimum absolute atomic E-state index is 0.0242. The highest BCUT2D eigenvalue weighted by Gasteiger charge is 2.27. The first kappa shape index (κ1) is 27.6. The summed E-state index contributed by atoms with van der Waals surface area (Å²) in [5, 5.41) is 12.8. The third kappa shape index (κ3) is 7.75. The van der Waals surface area contributed by atoms with Crippen LogP contribution < -0.4 is 5.01 Å². The highest BCUT2D eigenvalue weighted by Crippen LogP contribution is 2.25. The molecule has 1 heterocycles. The average molecular weight is 500 g/mol. The summed E-state index contributed by atoms with van der Waals surface area (Å²) >= 11 is 0. The van der Waals surface area contributed by atoms with Crippen molar-refractivity contribution in [2.75, 3.05) is 39.3 Å². The Morgan fingerprint density at radius 1 is 1.22 bits per heavy atom. The predicted molar refractivity (Wildman–Crippen MR) is 153 cm³/mol. The summed E-state index contributed by atoms with van der Waals surface area (Å²) in [5.41, 5.74) is 3.92. The van der Waals surface area contributed by atoms with E-state index < -0.39 is 0 Å². The topological polar surface area (TPSA) is 60.7 Å². The number of hydrogen-bond acceptors (Lipinski definition) is 7. The number of allylic oxidation sites excluding steroid dienone is 8. The molecular formula is C30H37N5O2. The summed E-state index contributed by atoms with van der Waals surface area (Å²) in [6, 6.07) is 9.68. The van der Waals surface area contributed by atoms with Crippen molar-refractivity contribution >= 4 is 23.4 Å². The fourth-order valence-corrected chi connectivity index (χ4v) is 3.94. The lowest BCUT2D eigenvalue weighted by molar-refractivity contribution is -0.112. The van der Waals surface area contributed by atoms with E-state index in [2.05, 4.69) is 67.0 Å². The molecule has 2 aliphatic rings. The zero-order valence-corrected chi connectivity index (χ0v) is 22.3. The molecule has 37 heavy (non-hydrogen) atoms. The average Bonchev–Trinajstić information content (AvgIpc) is 3.20. The Kier molecular flexibility index (Phi) is 10.4. The summed E-state index contributed by atoms with van der Waals surface area (Å²) in [6.07, 6.45) is 19.0. The first-order valence-electron chi connectivity index (χ1n) is 12.5. The van der Waals surface area contributed by atoms with Crippen LogP contribution in [0.2, 0.25) is 0 Å². The number of anilines is 1. The Balaban J connectivity index is 1.86. The second kappa shape index (κ2) is 13.9. The number of likely N-dealkylation sites (N-methyl/N-ethyl adjacent to an activating group) is 1. The van der Waals surface area contributed by atoms with Crippen molar-refractivity contribution < 1.29 is 9.53 Å². The number of nitrogens with zero attached hydrogens (tertiary/aromatic N) is 5. The van der Waals surface area contributed by atoms with E-state index in [1.54, 1.807) is 16.2 Å². The number of benzene rings is 1. The second-order valence-corrected chi connectivity index (χ2v) is 8.75. The van der Waals surface area contributed by atoms with Gasteiger partial charge in [-0.1, -0.05) is 68.2 Å². The van der Waals surface area contributed by atoms with Crippen molar-refractivity contribution in [3.63, 3.8) is 0 Å². The quantitative estimate of drug-likeness (QED) is 0.166. The standard InChI is InChI=1S/C30H37N5O2/c1-6-26(20-22-33(3)23-25-15-10-7-8-11-16-25)34(4)32-29(30(36)24(2)37-5)28-19-14-21-31-35(28)27-17-12-9-13-18-27/h7,9-13,15-21H,2,6,8,14,22-23H2,1,3-5H3/b26-20+,32-29-. The molecular weight excluding hydrogens is 462 g/mol. The maximum Gasteiger partial charge on any atom is 0.249 e. The Hall–Kier alpha value is -3.97. The monoisotopic (exact) mass is 499 g/mol. The van der Waals surface area contributed by atoms with Gasteiger partial charge in [0.25, 0.3) is 0 Å². The van der Waals surface area contributed by atoms with Gasteiger partial charge < -0.3 is 4.74 Å². The Morgan fingerprint density at radius 2 is 2.00 bits per heavy atom. The van der Waals surface area contributed by atoms with E-state index in [1.807, 2.05) is 43.5 Å². The molecule has 7 nitrogen and oxygen atoms in total. The minimum Gasteiger partial charge on any atom is -0.493 e. The lowest BCUT2D eigenvalue weighted by Crippen LogP contribution is -2.32. The Bertz CT molecular complexity index is 1170. The molecule has 0 aromatic heterocycles. The zero-order chi connectivity index (χ0) is 26.6. The molecule has 0 radical (unpaired) electrons. The van der Waals surface area contributed by atoms with Crippen LogP contribution >= 0.6 is 0 Å². The van der Waals surface area contributed by atoms with Gasteiger partial charge in [0.1, 0.15) is 0 Å². The summed E-state index contributed by atoms with van der Waals surface area (Å²) in [6.45, 7) is 7.46. The highest BCUT2D eigenvalue weighted by molar-refractivity contribution is 6.51. The molecule has 0 N–H and O–H groups in total. The number of ketones is 1. The molecule has 0 spiro atoms. The highest BCUT2D eigenvalue weighted by atomic mass is 16.5. The van der Waals surface area contributed by atoms with E-state index in [0.29, 0.717) is 12.1 Å². The lowest BCUT2D eigenvalue weighted by atomic mass is 10.1. The number of rotatable bonds is 12. The van der Waals surface area contributed by atoms with Crippen molar-refractivity contribution in [3.8, 4) is 0 Å². The van der Waals surface area contributed by atoms with Crippen LogP contribution in [0.4, 0.5) is 5.69 Å². The van der Waals surface area contributed by atoms with Gasteiger partial charge in [-0.25, -0.2) is 5.01 Å². The smallest absolute Gasteiger partial charge is 0.249 e. The molecule has 194 valence electrons. The van der Waals surface area contributed by atoms with Crippen molar-refractivity contribution in [1.82, 2.24) is 9.91 Å². The lowest BCUT2D eigenvalue weighted by Gasteiger charge is -2.27. The number of methoxy groups -OCH3 is 1. The first-order valence-corrected chi connectivity index (χ1v) is 12.5. The Morgan fingerprint density at radius 3 is 2.73 bits per heavy atom. The van der Waals surface area contributed by atoms with E-state index in [0.717, 1.165) is 37.3 Å². The van der Waals surface area contributed by atoms with Crippen molar-refractivity contribution in [2.24, 2.45) is 10.2 Å². The van der Waals surface area contributed by atoms with Gasteiger partial charge in [0.05, 0.1) is 18.5 Å². The molecule has 3 rings (SSSR count). The predicted octanol–water partition coefficient (Wildman–Crippen LogP) is 5.45. The third-order valence-electron chi connectivity index (χ3n) is 5.97. The van der Waals surface area contributed by atoms with Gasteiger partial charge in [-0.3, -0.25) is 14.7 Å². The Labute approximate surface area is 220 Å². The van der Waals surface area contributed by atoms with Crippen LogP contribution in [0.15, 0.2) is 112 Å². The van der Waals surface area contributed by atoms with Crippen molar-refractivity contribution in [1.29, 1.82) is 0 Å². The summed E-state index contributed by atoms with van der Waals surface area (Å²) in [7, 11) is 5.39. The number of ether oxygens (including phenoxy) is 1. The zero-order valence-electron chi connectivity index (χ0n) is 22.3. The van der Waals surface area contributed by atoms with Gasteiger partial charge >= 0.3 is 0 Å². The summed E-state index contributed by atoms with van der Waals surface area (Å²) in [5.74, 6) is -0.359. The van der Waals surface area contributed by atoms with Crippen LogP contribution in [0.1, 0.15) is 26.2 Å². The molecule has 0 saturated carbocycles. The van der Waals surface area contributed by atoms with Crippen LogP contribution in [-0.2, 0) is 9.53 Å². The van der Waals surface area contributed by atoms with Crippen molar-refractivity contribution in [3.05, 3.63) is 102 Å². The molecule has 0 amide bonds. The van der Waals surface area contributed by atoms with Crippen molar-refractivity contribution in [2.45, 2.75) is 26.2 Å². The molecule has 0 fully saturated rings. The molecule has 0 bridgehead atoms. The number of carbonyl (C=O) groups is 1. The maximum absolute atomic E-state index is 13.4. The number of carbonyl (C=O) groups excluding carboxylic acids is 1. The van der Waals surface area contributed by atoms with Gasteiger partial charge in [-0.2, -0.15) is 10.2 Å². The normalized spacial score (nSPS) is 15.9. The number of hydrogen-bond donors (Lipinski definition) is 0. The van der Waals surface area contributed by atoms with Gasteiger partial charge in [0, 0.05) is 38.5 Å².